The molecule has 0 radical (unpaired) electrons. The summed E-state index contributed by atoms with van der Waals surface area (Å²) in [4.78, 5) is 2.45. The van der Waals surface area contributed by atoms with Crippen LogP contribution in [0.15, 0.2) is 219 Å². The molecule has 0 unspecified atom stereocenters. The molecule has 0 amide bonds. The number of anilines is 3. The molecule has 0 saturated carbocycles. The largest absolute Gasteiger partial charge is 0.310 e. The fourth-order valence-electron chi connectivity index (χ4n) is 11.7. The van der Waals surface area contributed by atoms with Crippen molar-refractivity contribution < 1.29 is 0 Å². The number of hydrogen-bond acceptors (Lipinski definition) is 1. The van der Waals surface area contributed by atoms with E-state index in [1.807, 2.05) is 6.08 Å². The van der Waals surface area contributed by atoms with Crippen LogP contribution in [0.4, 0.5) is 17.1 Å². The second-order valence-corrected chi connectivity index (χ2v) is 20.0. The lowest BCUT2D eigenvalue weighted by molar-refractivity contribution is 0.652. The van der Waals surface area contributed by atoms with Gasteiger partial charge in [-0.15, -0.1) is 0 Å². The average Bonchev–Trinajstić information content (AvgIpc) is 3.92. The Morgan fingerprint density at radius 1 is 0.522 bits per heavy atom. The minimum absolute atomic E-state index is 0.206. The van der Waals surface area contributed by atoms with E-state index >= 15 is 0 Å². The summed E-state index contributed by atoms with van der Waals surface area (Å²) in [6.07, 6.45) is 17.4. The minimum Gasteiger partial charge on any atom is -0.310 e. The van der Waals surface area contributed by atoms with Crippen LogP contribution in [0.3, 0.4) is 0 Å². The SMILES string of the molecule is C=C/C(=C\C=C/C)n1c2ccccc2c2ccc(N(c3ccc(C4=CCCC=C4)cc3)c3ccc4c(c3)C(C)(C)c3cc5c(cc3-4)C(C)(C)c3cc(-c4ccccc4)cc(-c4ccccc4)c3-5)cc21. The van der Waals surface area contributed by atoms with Crippen molar-refractivity contribution in [3.63, 3.8) is 0 Å². The Bertz CT molecular complexity index is 3660. The molecule has 0 bridgehead atoms. The molecule has 2 nitrogen and oxygen atoms in total. The standard InChI is InChI=1S/C67H56N2/c1-7-9-27-49(8-2)69-63-29-20-19-28-54(63)55-37-35-52(41-64(55)69)68(50-32-30-46(31-33-50)44-21-13-10-14-22-44)51-34-36-53-57-42-61-58(43-60(57)66(3,4)59(53)40-51)65-56(47-25-17-12-18-26-47)38-48(39-62(65)67(61,5)6)45-23-15-11-16-24-45/h7-9,11-13,15-43H,2,10,14H2,1,3-6H3/b9-7-,49-27+. The molecular formula is C67H56N2. The smallest absolute Gasteiger partial charge is 0.0561 e. The fourth-order valence-corrected chi connectivity index (χ4v) is 11.7. The molecule has 0 N–H and O–H groups in total. The van der Waals surface area contributed by atoms with Gasteiger partial charge in [0.05, 0.1) is 11.0 Å². The Morgan fingerprint density at radius 3 is 1.90 bits per heavy atom. The highest BCUT2D eigenvalue weighted by Gasteiger charge is 2.43. The lowest BCUT2D eigenvalue weighted by Crippen LogP contribution is -2.17. The van der Waals surface area contributed by atoms with Crippen LogP contribution in [0.5, 0.6) is 0 Å². The zero-order chi connectivity index (χ0) is 47.0. The molecule has 0 spiro atoms. The summed E-state index contributed by atoms with van der Waals surface area (Å²) in [6.45, 7) is 16.0. The zero-order valence-corrected chi connectivity index (χ0v) is 40.2. The van der Waals surface area contributed by atoms with Crippen molar-refractivity contribution in [2.24, 2.45) is 0 Å². The van der Waals surface area contributed by atoms with Crippen LogP contribution < -0.4 is 4.90 Å². The highest BCUT2D eigenvalue weighted by molar-refractivity contribution is 6.11. The number of benzene rings is 8. The van der Waals surface area contributed by atoms with Gasteiger partial charge in [-0.25, -0.2) is 0 Å². The van der Waals surface area contributed by atoms with Crippen molar-refractivity contribution >= 4 is 50.1 Å². The number of para-hydroxylation sites is 1. The van der Waals surface area contributed by atoms with Crippen LogP contribution in [0.25, 0.3) is 77.6 Å². The molecular weight excluding hydrogens is 833 g/mol. The lowest BCUT2D eigenvalue weighted by Gasteiger charge is -2.28. The average molecular weight is 889 g/mol. The Balaban J connectivity index is 1.02. The molecule has 69 heavy (non-hydrogen) atoms. The summed E-state index contributed by atoms with van der Waals surface area (Å²) in [5.74, 6) is 0. The van der Waals surface area contributed by atoms with Crippen LogP contribution in [0.1, 0.15) is 75.3 Å². The first-order valence-electron chi connectivity index (χ1n) is 24.6. The van der Waals surface area contributed by atoms with Crippen molar-refractivity contribution in [1.82, 2.24) is 4.57 Å². The van der Waals surface area contributed by atoms with Gasteiger partial charge in [-0.2, -0.15) is 0 Å². The van der Waals surface area contributed by atoms with Crippen LogP contribution in [0.2, 0.25) is 0 Å². The first-order valence-corrected chi connectivity index (χ1v) is 24.6. The molecule has 12 rings (SSSR count). The summed E-state index contributed by atoms with van der Waals surface area (Å²) in [6, 6.07) is 63.9. The van der Waals surface area contributed by atoms with E-state index in [0.717, 1.165) is 46.6 Å². The van der Waals surface area contributed by atoms with Crippen molar-refractivity contribution in [2.75, 3.05) is 4.90 Å². The molecule has 0 fully saturated rings. The molecule has 3 aliphatic carbocycles. The van der Waals surface area contributed by atoms with Crippen LogP contribution in [0, 0.1) is 0 Å². The van der Waals surface area contributed by atoms with E-state index in [2.05, 4.69) is 257 Å². The third-order valence-electron chi connectivity index (χ3n) is 15.3. The van der Waals surface area contributed by atoms with Gasteiger partial charge in [0, 0.05) is 44.4 Å². The zero-order valence-electron chi connectivity index (χ0n) is 40.2. The van der Waals surface area contributed by atoms with E-state index in [1.165, 1.54) is 88.7 Å². The first kappa shape index (κ1) is 42.4. The van der Waals surface area contributed by atoms with Gasteiger partial charge in [0.25, 0.3) is 0 Å². The first-order chi connectivity index (χ1) is 33.6. The van der Waals surface area contributed by atoms with Gasteiger partial charge in [0.2, 0.25) is 0 Å². The summed E-state index contributed by atoms with van der Waals surface area (Å²) in [5.41, 5.74) is 24.6. The second-order valence-electron chi connectivity index (χ2n) is 20.0. The summed E-state index contributed by atoms with van der Waals surface area (Å²) >= 11 is 0. The van der Waals surface area contributed by atoms with E-state index < -0.39 is 0 Å². The Kier molecular flexibility index (Phi) is 10.1. The second kappa shape index (κ2) is 16.4. The summed E-state index contributed by atoms with van der Waals surface area (Å²) < 4.78 is 2.36. The van der Waals surface area contributed by atoms with Crippen molar-refractivity contribution in [1.29, 1.82) is 0 Å². The number of hydrogen-bond donors (Lipinski definition) is 0. The van der Waals surface area contributed by atoms with Gasteiger partial charge in [0.1, 0.15) is 0 Å². The third-order valence-corrected chi connectivity index (χ3v) is 15.3. The number of rotatable bonds is 9. The molecule has 334 valence electrons. The van der Waals surface area contributed by atoms with Crippen LogP contribution in [-0.4, -0.2) is 4.57 Å². The molecule has 3 aliphatic rings. The van der Waals surface area contributed by atoms with E-state index in [4.69, 9.17) is 0 Å². The number of nitrogens with zero attached hydrogens (tertiary/aromatic N) is 2. The molecule has 1 heterocycles. The summed E-state index contributed by atoms with van der Waals surface area (Å²) in [7, 11) is 0. The maximum absolute atomic E-state index is 4.28. The van der Waals surface area contributed by atoms with Gasteiger partial charge in [-0.3, -0.25) is 0 Å². The predicted molar refractivity (Wildman–Crippen MR) is 296 cm³/mol. The van der Waals surface area contributed by atoms with Gasteiger partial charge in [-0.05, 0) is 177 Å². The minimum atomic E-state index is -0.262. The Morgan fingerprint density at radius 2 is 1.16 bits per heavy atom. The maximum Gasteiger partial charge on any atom is 0.0561 e. The van der Waals surface area contributed by atoms with Crippen LogP contribution in [-0.2, 0) is 10.8 Å². The maximum atomic E-state index is 4.28. The molecule has 0 aliphatic heterocycles. The Hall–Kier alpha value is -7.94. The Labute approximate surface area is 407 Å². The summed E-state index contributed by atoms with van der Waals surface area (Å²) in [5, 5.41) is 2.43. The van der Waals surface area contributed by atoms with Gasteiger partial charge in [0.15, 0.2) is 0 Å². The molecule has 0 atom stereocenters. The third kappa shape index (κ3) is 6.76. The quantitative estimate of drug-likeness (QED) is 0.131. The van der Waals surface area contributed by atoms with E-state index in [0.29, 0.717) is 0 Å². The van der Waals surface area contributed by atoms with Gasteiger partial charge < -0.3 is 9.47 Å². The number of fused-ring (bicyclic) bond motifs is 9. The molecule has 2 heteroatoms. The molecule has 8 aromatic carbocycles. The lowest BCUT2D eigenvalue weighted by atomic mass is 9.79. The van der Waals surface area contributed by atoms with Crippen molar-refractivity contribution in [2.45, 2.75) is 58.3 Å². The topological polar surface area (TPSA) is 8.17 Å². The highest BCUT2D eigenvalue weighted by Crippen LogP contribution is 2.59. The normalized spacial score (nSPS) is 15.3. The monoisotopic (exact) mass is 888 g/mol. The van der Waals surface area contributed by atoms with Crippen molar-refractivity contribution in [3.05, 3.63) is 247 Å². The van der Waals surface area contributed by atoms with E-state index in [9.17, 15) is 0 Å². The number of allylic oxidation sites excluding steroid dienone is 9. The number of aromatic nitrogens is 1. The van der Waals surface area contributed by atoms with Gasteiger partial charge in [-0.1, -0.05) is 168 Å². The van der Waals surface area contributed by atoms with E-state index in [1.54, 1.807) is 0 Å². The molecule has 0 saturated heterocycles. The van der Waals surface area contributed by atoms with Gasteiger partial charge >= 0.3 is 0 Å². The predicted octanol–water partition coefficient (Wildman–Crippen LogP) is 18.5. The fraction of sp³-hybridized carbons (Fsp3) is 0.134. The molecule has 1 aromatic heterocycles. The van der Waals surface area contributed by atoms with Crippen molar-refractivity contribution in [3.8, 4) is 44.5 Å². The molecule has 9 aromatic rings. The van der Waals surface area contributed by atoms with E-state index in [-0.39, 0.29) is 10.8 Å². The highest BCUT2D eigenvalue weighted by atomic mass is 15.1. The van der Waals surface area contributed by atoms with Crippen LogP contribution >= 0.6 is 0 Å².